The predicted molar refractivity (Wildman–Crippen MR) is 46.7 cm³/mol. The van der Waals surface area contributed by atoms with Gasteiger partial charge in [0.1, 0.15) is 0 Å². The fourth-order valence-electron chi connectivity index (χ4n) is 1.23. The van der Waals surface area contributed by atoms with Crippen molar-refractivity contribution >= 4 is 5.97 Å². The van der Waals surface area contributed by atoms with Gasteiger partial charge in [0.25, 0.3) is 0 Å². The van der Waals surface area contributed by atoms with E-state index < -0.39 is 0 Å². The molecular formula is C9H13NO2. The second-order valence-corrected chi connectivity index (χ2v) is 2.62. The molecule has 0 heterocycles. The molecule has 0 fully saturated rings. The third-order valence-electron chi connectivity index (χ3n) is 1.93. The second-order valence-electron chi connectivity index (χ2n) is 2.62. The quantitative estimate of drug-likeness (QED) is 0.613. The molecule has 1 unspecified atom stereocenters. The molecule has 0 aromatic carbocycles. The van der Waals surface area contributed by atoms with E-state index in [-0.39, 0.29) is 12.0 Å². The normalized spacial score (nSPS) is 21.8. The van der Waals surface area contributed by atoms with Crippen LogP contribution in [0.15, 0.2) is 23.8 Å². The van der Waals surface area contributed by atoms with Crippen molar-refractivity contribution in [2.75, 3.05) is 14.2 Å². The Balaban J connectivity index is 2.76. The predicted octanol–water partition coefficient (Wildman–Crippen LogP) is 0.634. The number of esters is 1. The van der Waals surface area contributed by atoms with Crippen molar-refractivity contribution < 1.29 is 9.53 Å². The smallest absolute Gasteiger partial charge is 0.335 e. The highest BCUT2D eigenvalue weighted by Crippen LogP contribution is 2.13. The molecular weight excluding hydrogens is 154 g/mol. The Hall–Kier alpha value is -1.09. The van der Waals surface area contributed by atoms with Crippen LogP contribution in [0.1, 0.15) is 6.42 Å². The van der Waals surface area contributed by atoms with E-state index in [1.54, 1.807) is 6.08 Å². The van der Waals surface area contributed by atoms with Crippen LogP contribution in [0.2, 0.25) is 0 Å². The van der Waals surface area contributed by atoms with Crippen LogP contribution in [0.4, 0.5) is 0 Å². The van der Waals surface area contributed by atoms with Crippen LogP contribution in [0.25, 0.3) is 0 Å². The zero-order valence-corrected chi connectivity index (χ0v) is 7.33. The Morgan fingerprint density at radius 2 is 2.50 bits per heavy atom. The molecule has 0 saturated carbocycles. The van der Waals surface area contributed by atoms with Gasteiger partial charge in [-0.15, -0.1) is 0 Å². The molecule has 0 spiro atoms. The number of allylic oxidation sites excluding steroid dienone is 2. The number of methoxy groups -OCH3 is 1. The van der Waals surface area contributed by atoms with E-state index >= 15 is 0 Å². The summed E-state index contributed by atoms with van der Waals surface area (Å²) >= 11 is 0. The minimum Gasteiger partial charge on any atom is -0.466 e. The number of carbonyl (C=O) groups is 1. The third kappa shape index (κ3) is 1.74. The fraction of sp³-hybridized carbons (Fsp3) is 0.444. The lowest BCUT2D eigenvalue weighted by atomic mass is 9.99. The Morgan fingerprint density at radius 1 is 1.75 bits per heavy atom. The molecule has 1 aliphatic carbocycles. The summed E-state index contributed by atoms with van der Waals surface area (Å²) in [6.07, 6.45) is 6.53. The summed E-state index contributed by atoms with van der Waals surface area (Å²) in [7, 11) is 3.23. The molecule has 1 aliphatic rings. The molecule has 12 heavy (non-hydrogen) atoms. The number of carbonyl (C=O) groups excluding carboxylic acids is 1. The topological polar surface area (TPSA) is 38.3 Å². The zero-order chi connectivity index (χ0) is 8.97. The monoisotopic (exact) mass is 167 g/mol. The van der Waals surface area contributed by atoms with Gasteiger partial charge in [-0.2, -0.15) is 0 Å². The van der Waals surface area contributed by atoms with Gasteiger partial charge in [0.15, 0.2) is 0 Å². The van der Waals surface area contributed by atoms with E-state index in [0.717, 1.165) is 6.42 Å². The molecule has 0 aromatic rings. The van der Waals surface area contributed by atoms with Gasteiger partial charge in [-0.1, -0.05) is 18.2 Å². The van der Waals surface area contributed by atoms with Crippen molar-refractivity contribution in [1.29, 1.82) is 0 Å². The van der Waals surface area contributed by atoms with Crippen LogP contribution in [-0.2, 0) is 9.53 Å². The van der Waals surface area contributed by atoms with E-state index in [1.165, 1.54) is 7.11 Å². The van der Waals surface area contributed by atoms with Crippen molar-refractivity contribution in [2.24, 2.45) is 0 Å². The first-order valence-electron chi connectivity index (χ1n) is 3.92. The molecule has 0 saturated heterocycles. The lowest BCUT2D eigenvalue weighted by molar-refractivity contribution is -0.136. The molecule has 66 valence electrons. The summed E-state index contributed by atoms with van der Waals surface area (Å²) in [6.45, 7) is 0. The van der Waals surface area contributed by atoms with Crippen LogP contribution in [0.3, 0.4) is 0 Å². The number of ether oxygens (including phenoxy) is 1. The van der Waals surface area contributed by atoms with Crippen LogP contribution in [0.5, 0.6) is 0 Å². The summed E-state index contributed by atoms with van der Waals surface area (Å²) in [5.41, 5.74) is 0.697. The van der Waals surface area contributed by atoms with Gasteiger partial charge in [0.2, 0.25) is 0 Å². The standard InChI is InChI=1S/C9H13NO2/c1-10-8-6-4-3-5-7(8)9(11)12-2/h3-5,8,10H,6H2,1-2H3. The average molecular weight is 167 g/mol. The highest BCUT2D eigenvalue weighted by atomic mass is 16.5. The molecule has 0 aliphatic heterocycles. The summed E-state index contributed by atoms with van der Waals surface area (Å²) in [5, 5.41) is 3.05. The third-order valence-corrected chi connectivity index (χ3v) is 1.93. The fourth-order valence-corrected chi connectivity index (χ4v) is 1.23. The van der Waals surface area contributed by atoms with E-state index in [1.807, 2.05) is 19.2 Å². The lowest BCUT2D eigenvalue weighted by Gasteiger charge is -2.18. The van der Waals surface area contributed by atoms with Gasteiger partial charge < -0.3 is 10.1 Å². The summed E-state index contributed by atoms with van der Waals surface area (Å²) in [4.78, 5) is 11.2. The first-order chi connectivity index (χ1) is 5.79. The second kappa shape index (κ2) is 4.07. The minimum absolute atomic E-state index is 0.0995. The molecule has 3 heteroatoms. The number of likely N-dealkylation sites (N-methyl/N-ethyl adjacent to an activating group) is 1. The molecule has 0 amide bonds. The maximum Gasteiger partial charge on any atom is 0.335 e. The van der Waals surface area contributed by atoms with Crippen LogP contribution < -0.4 is 5.32 Å². The van der Waals surface area contributed by atoms with E-state index in [9.17, 15) is 4.79 Å². The largest absolute Gasteiger partial charge is 0.466 e. The number of rotatable bonds is 2. The maximum absolute atomic E-state index is 11.2. The zero-order valence-electron chi connectivity index (χ0n) is 7.33. The van der Waals surface area contributed by atoms with Crippen molar-refractivity contribution in [3.05, 3.63) is 23.8 Å². The summed E-state index contributed by atoms with van der Waals surface area (Å²) in [5.74, 6) is -0.251. The van der Waals surface area contributed by atoms with Crippen molar-refractivity contribution in [3.8, 4) is 0 Å². The van der Waals surface area contributed by atoms with Crippen LogP contribution in [0, 0.1) is 0 Å². The minimum atomic E-state index is -0.251. The van der Waals surface area contributed by atoms with Gasteiger partial charge in [-0.25, -0.2) is 4.79 Å². The highest BCUT2D eigenvalue weighted by Gasteiger charge is 2.19. The number of nitrogens with one attached hydrogen (secondary N) is 1. The highest BCUT2D eigenvalue weighted by molar-refractivity contribution is 5.90. The molecule has 0 aromatic heterocycles. The van der Waals surface area contributed by atoms with Gasteiger partial charge in [-0.3, -0.25) is 0 Å². The Labute approximate surface area is 72.1 Å². The molecule has 1 rings (SSSR count). The maximum atomic E-state index is 11.2. The first kappa shape index (κ1) is 9.00. The molecule has 3 nitrogen and oxygen atoms in total. The van der Waals surface area contributed by atoms with Gasteiger partial charge in [0, 0.05) is 6.04 Å². The number of hydrogen-bond acceptors (Lipinski definition) is 3. The van der Waals surface area contributed by atoms with E-state index in [2.05, 4.69) is 10.1 Å². The van der Waals surface area contributed by atoms with Gasteiger partial charge in [-0.05, 0) is 13.5 Å². The summed E-state index contributed by atoms with van der Waals surface area (Å²) < 4.78 is 4.64. The van der Waals surface area contributed by atoms with E-state index in [0.29, 0.717) is 5.57 Å². The number of hydrogen-bond donors (Lipinski definition) is 1. The summed E-state index contributed by atoms with van der Waals surface area (Å²) in [6, 6.07) is 0.0995. The SMILES string of the molecule is CNC1CC=CC=C1C(=O)OC. The van der Waals surface area contributed by atoms with Crippen LogP contribution >= 0.6 is 0 Å². The average Bonchev–Trinajstić information content (AvgIpc) is 2.16. The lowest BCUT2D eigenvalue weighted by Crippen LogP contribution is -2.32. The van der Waals surface area contributed by atoms with Crippen molar-refractivity contribution in [1.82, 2.24) is 5.32 Å². The first-order valence-corrected chi connectivity index (χ1v) is 3.92. The molecule has 0 radical (unpaired) electrons. The van der Waals surface area contributed by atoms with Crippen molar-refractivity contribution in [2.45, 2.75) is 12.5 Å². The Morgan fingerprint density at radius 3 is 3.08 bits per heavy atom. The molecule has 1 atom stereocenters. The molecule has 0 bridgehead atoms. The van der Waals surface area contributed by atoms with E-state index in [4.69, 9.17) is 0 Å². The van der Waals surface area contributed by atoms with Gasteiger partial charge in [0.05, 0.1) is 12.7 Å². The Bertz CT molecular complexity index is 231. The molecule has 1 N–H and O–H groups in total. The Kier molecular flexibility index (Phi) is 3.05. The van der Waals surface area contributed by atoms with Crippen molar-refractivity contribution in [3.63, 3.8) is 0 Å². The van der Waals surface area contributed by atoms with Crippen LogP contribution in [-0.4, -0.2) is 26.2 Å². The van der Waals surface area contributed by atoms with Gasteiger partial charge >= 0.3 is 5.97 Å².